The van der Waals surface area contributed by atoms with E-state index in [4.69, 9.17) is 0 Å². The summed E-state index contributed by atoms with van der Waals surface area (Å²) in [6, 6.07) is 12.9. The van der Waals surface area contributed by atoms with Gasteiger partial charge in [-0.25, -0.2) is 14.4 Å². The number of alkyl halides is 3. The van der Waals surface area contributed by atoms with Crippen LogP contribution < -0.4 is 15.1 Å². The predicted octanol–water partition coefficient (Wildman–Crippen LogP) is 5.65. The molecule has 12 heteroatoms. The summed E-state index contributed by atoms with van der Waals surface area (Å²) in [5.74, 6) is 0.0552. The molecule has 196 valence electrons. The fraction of sp³-hybridized carbons (Fsp3) is 0.231. The van der Waals surface area contributed by atoms with Crippen LogP contribution in [0.2, 0.25) is 0 Å². The Morgan fingerprint density at radius 1 is 0.974 bits per heavy atom. The molecular weight excluding hydrogens is 520 g/mol. The van der Waals surface area contributed by atoms with Gasteiger partial charge in [-0.3, -0.25) is 10.1 Å². The zero-order valence-corrected chi connectivity index (χ0v) is 21.0. The van der Waals surface area contributed by atoms with Crippen molar-refractivity contribution in [1.29, 1.82) is 0 Å². The molecule has 38 heavy (non-hydrogen) atoms. The van der Waals surface area contributed by atoms with E-state index in [2.05, 4.69) is 30.1 Å². The number of amides is 1. The van der Waals surface area contributed by atoms with Gasteiger partial charge in [-0.2, -0.15) is 18.2 Å². The van der Waals surface area contributed by atoms with E-state index in [1.54, 1.807) is 25.3 Å². The van der Waals surface area contributed by atoms with Gasteiger partial charge in [0.25, 0.3) is 5.91 Å². The second-order valence-electron chi connectivity index (χ2n) is 8.66. The number of carbonyl (C=O) groups is 1. The Kier molecular flexibility index (Phi) is 6.98. The number of piperazine rings is 1. The lowest BCUT2D eigenvalue weighted by atomic mass is 10.1. The molecule has 2 aromatic heterocycles. The highest BCUT2D eigenvalue weighted by Crippen LogP contribution is 2.33. The number of hydrogen-bond acceptors (Lipinski definition) is 7. The maximum Gasteiger partial charge on any atom is 0.416 e. The minimum absolute atomic E-state index is 0.129. The summed E-state index contributed by atoms with van der Waals surface area (Å²) in [6.45, 7) is 4.34. The van der Waals surface area contributed by atoms with Gasteiger partial charge in [0, 0.05) is 43.6 Å². The maximum absolute atomic E-state index is 13.6. The van der Waals surface area contributed by atoms with E-state index < -0.39 is 17.6 Å². The van der Waals surface area contributed by atoms with Crippen LogP contribution in [0.15, 0.2) is 60.8 Å². The van der Waals surface area contributed by atoms with Crippen molar-refractivity contribution in [2.24, 2.45) is 0 Å². The van der Waals surface area contributed by atoms with Crippen molar-refractivity contribution in [3.8, 4) is 10.6 Å². The van der Waals surface area contributed by atoms with Gasteiger partial charge in [-0.05, 0) is 43.3 Å². The summed E-state index contributed by atoms with van der Waals surface area (Å²) in [5, 5.41) is 3.13. The Morgan fingerprint density at radius 3 is 2.37 bits per heavy atom. The molecule has 1 aliphatic heterocycles. The van der Waals surface area contributed by atoms with Crippen LogP contribution in [0.4, 0.5) is 35.0 Å². The van der Waals surface area contributed by atoms with E-state index in [9.17, 15) is 22.4 Å². The summed E-state index contributed by atoms with van der Waals surface area (Å²) >= 11 is 1.08. The first kappa shape index (κ1) is 25.6. The first-order valence-electron chi connectivity index (χ1n) is 11.7. The van der Waals surface area contributed by atoms with Crippen LogP contribution in [-0.4, -0.2) is 47.0 Å². The average molecular weight is 543 g/mol. The third kappa shape index (κ3) is 5.59. The number of aromatic nitrogens is 3. The molecule has 0 unspecified atom stereocenters. The largest absolute Gasteiger partial charge is 0.416 e. The molecule has 2 aromatic carbocycles. The van der Waals surface area contributed by atoms with Crippen molar-refractivity contribution < 1.29 is 22.4 Å². The summed E-state index contributed by atoms with van der Waals surface area (Å²) in [4.78, 5) is 30.4. The SMILES string of the molecule is Cc1nc(-c2ccc(C(F)(F)F)cc2)sc1C(=O)Nc1nccc(N2CCN(c3cccc(F)c3)CC2)n1. The maximum atomic E-state index is 13.6. The van der Waals surface area contributed by atoms with E-state index in [1.807, 2.05) is 6.07 Å². The van der Waals surface area contributed by atoms with Gasteiger partial charge in [-0.1, -0.05) is 18.2 Å². The average Bonchev–Trinajstić information content (AvgIpc) is 3.30. The van der Waals surface area contributed by atoms with Gasteiger partial charge < -0.3 is 9.80 Å². The standard InChI is InChI=1S/C26H22F4N6OS/c1-16-22(38-24(32-16)17-5-7-18(8-6-17)26(28,29)30)23(37)34-25-31-10-9-21(33-25)36-13-11-35(12-14-36)20-4-2-3-19(27)15-20/h2-10,15H,11-14H2,1H3,(H,31,33,34,37). The Balaban J connectivity index is 1.25. The molecule has 1 aliphatic rings. The van der Waals surface area contributed by atoms with Crippen molar-refractivity contribution in [2.75, 3.05) is 41.3 Å². The first-order valence-corrected chi connectivity index (χ1v) is 12.5. The summed E-state index contributed by atoms with van der Waals surface area (Å²) in [7, 11) is 0. The first-order chi connectivity index (χ1) is 18.2. The van der Waals surface area contributed by atoms with Crippen molar-refractivity contribution in [3.05, 3.63) is 82.7 Å². The van der Waals surface area contributed by atoms with Crippen LogP contribution in [0.1, 0.15) is 20.9 Å². The number of halogens is 4. The van der Waals surface area contributed by atoms with Gasteiger partial charge >= 0.3 is 6.18 Å². The normalized spacial score (nSPS) is 14.0. The van der Waals surface area contributed by atoms with Crippen molar-refractivity contribution >= 4 is 34.7 Å². The van der Waals surface area contributed by atoms with E-state index in [0.717, 1.165) is 29.2 Å². The molecule has 1 saturated heterocycles. The van der Waals surface area contributed by atoms with Crippen LogP contribution in [0.5, 0.6) is 0 Å². The highest BCUT2D eigenvalue weighted by Gasteiger charge is 2.30. The van der Waals surface area contributed by atoms with E-state index in [-0.39, 0.29) is 11.8 Å². The lowest BCUT2D eigenvalue weighted by Crippen LogP contribution is -2.46. The monoisotopic (exact) mass is 542 g/mol. The van der Waals surface area contributed by atoms with E-state index in [1.165, 1.54) is 24.3 Å². The van der Waals surface area contributed by atoms with Crippen LogP contribution in [0.3, 0.4) is 0 Å². The van der Waals surface area contributed by atoms with Crippen LogP contribution in [0.25, 0.3) is 10.6 Å². The molecule has 3 heterocycles. The quantitative estimate of drug-likeness (QED) is 0.329. The minimum atomic E-state index is -4.42. The van der Waals surface area contributed by atoms with Crippen LogP contribution in [0, 0.1) is 12.7 Å². The van der Waals surface area contributed by atoms with E-state index >= 15 is 0 Å². The highest BCUT2D eigenvalue weighted by atomic mass is 32.1. The van der Waals surface area contributed by atoms with Crippen LogP contribution >= 0.6 is 11.3 Å². The van der Waals surface area contributed by atoms with E-state index in [0.29, 0.717) is 53.1 Å². The fourth-order valence-corrected chi connectivity index (χ4v) is 5.11. The smallest absolute Gasteiger partial charge is 0.368 e. The summed E-state index contributed by atoms with van der Waals surface area (Å²) in [6.07, 6.45) is -2.87. The summed E-state index contributed by atoms with van der Waals surface area (Å²) in [5.41, 5.74) is 1.02. The third-order valence-electron chi connectivity index (χ3n) is 6.11. The molecular formula is C26H22F4N6OS. The number of carbonyl (C=O) groups excluding carboxylic acids is 1. The number of aryl methyl sites for hydroxylation is 1. The van der Waals surface area contributed by atoms with Gasteiger partial charge in [0.2, 0.25) is 5.95 Å². The molecule has 0 radical (unpaired) electrons. The molecule has 1 fully saturated rings. The Bertz CT molecular complexity index is 1450. The second-order valence-corrected chi connectivity index (χ2v) is 9.65. The molecule has 0 bridgehead atoms. The number of nitrogens with one attached hydrogen (secondary N) is 1. The number of benzene rings is 2. The number of nitrogens with zero attached hydrogens (tertiary/aromatic N) is 5. The molecule has 0 saturated carbocycles. The van der Waals surface area contributed by atoms with Gasteiger partial charge in [0.05, 0.1) is 11.3 Å². The molecule has 4 aromatic rings. The molecule has 0 aliphatic carbocycles. The van der Waals surface area contributed by atoms with Crippen molar-refractivity contribution in [1.82, 2.24) is 15.0 Å². The predicted molar refractivity (Wildman–Crippen MR) is 138 cm³/mol. The lowest BCUT2D eigenvalue weighted by Gasteiger charge is -2.36. The zero-order valence-electron chi connectivity index (χ0n) is 20.2. The fourth-order valence-electron chi connectivity index (χ4n) is 4.14. The second kappa shape index (κ2) is 10.4. The van der Waals surface area contributed by atoms with Gasteiger partial charge in [0.1, 0.15) is 21.5 Å². The minimum Gasteiger partial charge on any atom is -0.368 e. The van der Waals surface area contributed by atoms with Crippen LogP contribution in [-0.2, 0) is 6.18 Å². The Hall–Kier alpha value is -4.06. The number of anilines is 3. The number of thiazole rings is 1. The Labute approximate surface area is 219 Å². The lowest BCUT2D eigenvalue weighted by molar-refractivity contribution is -0.137. The number of hydrogen-bond donors (Lipinski definition) is 1. The van der Waals surface area contributed by atoms with Crippen molar-refractivity contribution in [3.63, 3.8) is 0 Å². The Morgan fingerprint density at radius 2 is 1.68 bits per heavy atom. The highest BCUT2D eigenvalue weighted by molar-refractivity contribution is 7.17. The third-order valence-corrected chi connectivity index (χ3v) is 7.31. The van der Waals surface area contributed by atoms with Gasteiger partial charge in [0.15, 0.2) is 0 Å². The van der Waals surface area contributed by atoms with Crippen molar-refractivity contribution in [2.45, 2.75) is 13.1 Å². The molecule has 0 atom stereocenters. The van der Waals surface area contributed by atoms with Gasteiger partial charge in [-0.15, -0.1) is 11.3 Å². The zero-order chi connectivity index (χ0) is 26.9. The summed E-state index contributed by atoms with van der Waals surface area (Å²) < 4.78 is 52.1. The number of rotatable bonds is 5. The topological polar surface area (TPSA) is 74.2 Å². The molecule has 7 nitrogen and oxygen atoms in total. The molecule has 1 amide bonds. The molecule has 0 spiro atoms. The molecule has 1 N–H and O–H groups in total. The molecule has 5 rings (SSSR count).